The van der Waals surface area contributed by atoms with Crippen LogP contribution in [0.2, 0.25) is 0 Å². The van der Waals surface area contributed by atoms with Gasteiger partial charge in [-0.25, -0.2) is 9.59 Å². The van der Waals surface area contributed by atoms with E-state index in [1.807, 2.05) is 42.7 Å². The maximum Gasteiger partial charge on any atom is 0.408 e. The van der Waals surface area contributed by atoms with Crippen molar-refractivity contribution in [2.75, 3.05) is 12.8 Å². The molecule has 1 saturated carbocycles. The molecule has 5 atom stereocenters. The van der Waals surface area contributed by atoms with Gasteiger partial charge in [0.1, 0.15) is 23.2 Å². The van der Waals surface area contributed by atoms with E-state index in [0.29, 0.717) is 18.7 Å². The third-order valence-electron chi connectivity index (χ3n) is 8.43. The summed E-state index contributed by atoms with van der Waals surface area (Å²) in [4.78, 5) is 57.0. The number of carboxylic acid groups (broad SMARTS) is 1. The molecule has 1 aromatic carbocycles. The van der Waals surface area contributed by atoms with Crippen LogP contribution in [0.4, 0.5) is 4.79 Å². The maximum absolute atomic E-state index is 14.2. The molecule has 1 aliphatic carbocycles. The minimum absolute atomic E-state index is 0.0774. The van der Waals surface area contributed by atoms with Crippen LogP contribution in [0.15, 0.2) is 41.3 Å². The maximum atomic E-state index is 14.2. The predicted molar refractivity (Wildman–Crippen MR) is 166 cm³/mol. The van der Waals surface area contributed by atoms with E-state index in [4.69, 9.17) is 4.74 Å². The average molecular weight is 640 g/mol. The van der Waals surface area contributed by atoms with Crippen LogP contribution in [0.25, 0.3) is 11.4 Å². The van der Waals surface area contributed by atoms with Crippen molar-refractivity contribution in [2.24, 2.45) is 5.92 Å². The Kier molecular flexibility index (Phi) is 9.52. The van der Waals surface area contributed by atoms with Crippen molar-refractivity contribution in [3.05, 3.63) is 36.4 Å². The number of amides is 3. The summed E-state index contributed by atoms with van der Waals surface area (Å²) in [6.07, 6.45) is 8.96. The second-order valence-corrected chi connectivity index (χ2v) is 13.8. The molecule has 1 saturated heterocycles. The summed E-state index contributed by atoms with van der Waals surface area (Å²) < 4.78 is 5.45. The molecule has 3 amide bonds. The molecular formula is C31H41N7O6S. The molecule has 5 rings (SSSR count). The van der Waals surface area contributed by atoms with Crippen LogP contribution in [0.3, 0.4) is 0 Å². The number of benzene rings is 1. The van der Waals surface area contributed by atoms with Crippen molar-refractivity contribution in [2.45, 2.75) is 99.9 Å². The highest BCUT2D eigenvalue weighted by Crippen LogP contribution is 2.45. The number of carbonyl (C=O) groups is 4. The molecule has 2 aliphatic heterocycles. The summed E-state index contributed by atoms with van der Waals surface area (Å²) in [6, 6.07) is 5.29. The number of alkyl carbamates (subject to hydrolysis) is 1. The standard InChI is InChI=1S/C31H41N7O6S/c1-30(2,3)44-29(43)32-23-11-9-7-5-6-8-10-20-17-31(20,28(41)42)33-26(39)24-16-21(18-37(24)27(23)40)38-35-25(34-36-38)19-12-14-22(45-4)15-13-19/h8,10,12-15,20-21,23-24H,5-7,9,11,16-18H2,1-4H3,(H,32,43)(H,33,39)(H,41,42)/b10-8-/t20-,21+,23-,24-,31+/m0/s1. The Morgan fingerprint density at radius 3 is 2.60 bits per heavy atom. The minimum atomic E-state index is -1.42. The number of allylic oxidation sites excluding steroid dienone is 1. The fraction of sp³-hybridized carbons (Fsp3) is 0.581. The van der Waals surface area contributed by atoms with Crippen LogP contribution in [0, 0.1) is 5.92 Å². The van der Waals surface area contributed by atoms with Crippen LogP contribution in [0.5, 0.6) is 0 Å². The van der Waals surface area contributed by atoms with Crippen LogP contribution >= 0.6 is 11.8 Å². The van der Waals surface area contributed by atoms with Gasteiger partial charge in [0.05, 0.1) is 6.04 Å². The summed E-state index contributed by atoms with van der Waals surface area (Å²) in [5.41, 5.74) is -1.41. The van der Waals surface area contributed by atoms with Crippen molar-refractivity contribution >= 4 is 35.6 Å². The van der Waals surface area contributed by atoms with Gasteiger partial charge >= 0.3 is 12.1 Å². The second kappa shape index (κ2) is 13.2. The first kappa shape index (κ1) is 32.5. The smallest absolute Gasteiger partial charge is 0.408 e. The minimum Gasteiger partial charge on any atom is -0.479 e. The van der Waals surface area contributed by atoms with Gasteiger partial charge in [0, 0.05) is 29.3 Å². The second-order valence-electron chi connectivity index (χ2n) is 12.9. The molecule has 3 heterocycles. The normalized spacial score (nSPS) is 28.1. The number of hydrogen-bond donors (Lipinski definition) is 3. The number of nitrogens with zero attached hydrogens (tertiary/aromatic N) is 5. The predicted octanol–water partition coefficient (Wildman–Crippen LogP) is 3.58. The molecule has 13 nitrogen and oxygen atoms in total. The van der Waals surface area contributed by atoms with E-state index < -0.39 is 53.1 Å². The number of nitrogens with one attached hydrogen (secondary N) is 2. The Bertz CT molecular complexity index is 1450. The number of aromatic nitrogens is 4. The molecule has 1 aromatic heterocycles. The van der Waals surface area contributed by atoms with Gasteiger partial charge in [0.25, 0.3) is 0 Å². The molecule has 14 heteroatoms. The molecule has 242 valence electrons. The SMILES string of the molecule is CSc1ccc(-c2nnn([C@@H]3C[C@H]4C(=O)N[C@]5(C(=O)O)C[C@@H]5/C=C\CCCCC[C@H](NC(=O)OC(C)(C)C)C(=O)N4C3)n2)cc1. The first-order chi connectivity index (χ1) is 21.4. The van der Waals surface area contributed by atoms with Gasteiger partial charge in [-0.15, -0.1) is 22.0 Å². The first-order valence-electron chi connectivity index (χ1n) is 15.4. The van der Waals surface area contributed by atoms with Crippen LogP contribution < -0.4 is 10.6 Å². The number of carboxylic acids is 1. The Hall–Kier alpha value is -3.94. The molecule has 3 N–H and O–H groups in total. The summed E-state index contributed by atoms with van der Waals surface area (Å²) >= 11 is 1.62. The van der Waals surface area contributed by atoms with Gasteiger partial charge in [-0.3, -0.25) is 9.59 Å². The number of ether oxygens (including phenoxy) is 1. The van der Waals surface area contributed by atoms with Crippen LogP contribution in [0.1, 0.15) is 71.8 Å². The van der Waals surface area contributed by atoms with Gasteiger partial charge in [0.15, 0.2) is 0 Å². The highest BCUT2D eigenvalue weighted by molar-refractivity contribution is 7.98. The summed E-state index contributed by atoms with van der Waals surface area (Å²) in [7, 11) is 0. The van der Waals surface area contributed by atoms with Crippen LogP contribution in [-0.4, -0.2) is 90.1 Å². The van der Waals surface area contributed by atoms with Crippen LogP contribution in [-0.2, 0) is 19.1 Å². The van der Waals surface area contributed by atoms with Crippen molar-refractivity contribution in [1.29, 1.82) is 0 Å². The lowest BCUT2D eigenvalue weighted by Gasteiger charge is -2.30. The Labute approximate surface area is 266 Å². The van der Waals surface area contributed by atoms with E-state index in [1.54, 1.807) is 32.5 Å². The highest BCUT2D eigenvalue weighted by Gasteiger charge is 2.61. The van der Waals surface area contributed by atoms with Crippen molar-refractivity contribution in [3.63, 3.8) is 0 Å². The zero-order valence-corrected chi connectivity index (χ0v) is 26.9. The van der Waals surface area contributed by atoms with E-state index in [0.717, 1.165) is 29.7 Å². The lowest BCUT2D eigenvalue weighted by Crippen LogP contribution is -2.56. The number of tetrazole rings is 1. The molecule has 3 aliphatic rings. The molecule has 0 radical (unpaired) electrons. The van der Waals surface area contributed by atoms with E-state index in [1.165, 1.54) is 9.70 Å². The number of thioether (sulfide) groups is 1. The van der Waals surface area contributed by atoms with Gasteiger partial charge in [-0.05, 0) is 82.2 Å². The topological polar surface area (TPSA) is 169 Å². The number of hydrogen-bond acceptors (Lipinski definition) is 9. The van der Waals surface area contributed by atoms with E-state index in [2.05, 4.69) is 26.0 Å². The number of rotatable bonds is 5. The molecule has 2 fully saturated rings. The number of carbonyl (C=O) groups excluding carboxylic acids is 3. The van der Waals surface area contributed by atoms with Gasteiger partial charge < -0.3 is 25.4 Å². The summed E-state index contributed by atoms with van der Waals surface area (Å²) in [6.45, 7) is 5.30. The van der Waals surface area contributed by atoms with Gasteiger partial charge in [-0.2, -0.15) is 4.80 Å². The zero-order chi connectivity index (χ0) is 32.4. The molecule has 0 bridgehead atoms. The highest BCUT2D eigenvalue weighted by atomic mass is 32.2. The molecule has 0 unspecified atom stereocenters. The lowest BCUT2D eigenvalue weighted by molar-refractivity contribution is -0.145. The van der Waals surface area contributed by atoms with E-state index in [-0.39, 0.29) is 25.3 Å². The quantitative estimate of drug-likeness (QED) is 0.325. The van der Waals surface area contributed by atoms with E-state index in [9.17, 15) is 24.3 Å². The third-order valence-corrected chi connectivity index (χ3v) is 9.18. The number of aliphatic carboxylic acids is 1. The fourth-order valence-electron chi connectivity index (χ4n) is 5.93. The summed E-state index contributed by atoms with van der Waals surface area (Å²) in [5, 5.41) is 28.6. The monoisotopic (exact) mass is 639 g/mol. The van der Waals surface area contributed by atoms with Crippen molar-refractivity contribution in [3.8, 4) is 11.4 Å². The third kappa shape index (κ3) is 7.48. The van der Waals surface area contributed by atoms with Crippen molar-refractivity contribution in [1.82, 2.24) is 35.7 Å². The molecular weight excluding hydrogens is 598 g/mol. The van der Waals surface area contributed by atoms with Gasteiger partial charge in [0.2, 0.25) is 17.6 Å². The average Bonchev–Trinajstić information content (AvgIpc) is 3.31. The Morgan fingerprint density at radius 1 is 1.16 bits per heavy atom. The zero-order valence-electron chi connectivity index (χ0n) is 26.1. The number of fused-ring (bicyclic) bond motifs is 2. The summed E-state index contributed by atoms with van der Waals surface area (Å²) in [5.74, 6) is -2.04. The Balaban J connectivity index is 1.43. The fourth-order valence-corrected chi connectivity index (χ4v) is 6.34. The first-order valence-corrected chi connectivity index (χ1v) is 16.6. The lowest BCUT2D eigenvalue weighted by atomic mass is 10.0. The van der Waals surface area contributed by atoms with E-state index >= 15 is 0 Å². The Morgan fingerprint density at radius 2 is 1.91 bits per heavy atom. The van der Waals surface area contributed by atoms with Gasteiger partial charge in [-0.1, -0.05) is 25.0 Å². The molecule has 2 aromatic rings. The molecule has 45 heavy (non-hydrogen) atoms. The largest absolute Gasteiger partial charge is 0.479 e. The van der Waals surface area contributed by atoms with Crippen molar-refractivity contribution < 1.29 is 29.0 Å². The molecule has 0 spiro atoms.